The molecule has 2 heterocycles. The van der Waals surface area contributed by atoms with Crippen molar-refractivity contribution in [3.63, 3.8) is 0 Å². The minimum absolute atomic E-state index is 0.526. The smallest absolute Gasteiger partial charge is 0.195 e. The molecule has 0 unspecified atom stereocenters. The van der Waals surface area contributed by atoms with Crippen LogP contribution in [0.5, 0.6) is 0 Å². The van der Waals surface area contributed by atoms with Crippen LogP contribution in [-0.2, 0) is 6.54 Å². The minimum atomic E-state index is 0.526. The number of nitrogens with zero attached hydrogens (tertiary/aromatic N) is 4. The Kier molecular flexibility index (Phi) is 3.58. The molecule has 1 N–H and O–H groups in total. The van der Waals surface area contributed by atoms with E-state index in [2.05, 4.69) is 21.3 Å². The number of aromatic amines is 1. The summed E-state index contributed by atoms with van der Waals surface area (Å²) in [5.74, 6) is 0.683. The minimum Gasteiger partial charge on any atom is -0.294 e. The van der Waals surface area contributed by atoms with E-state index < -0.39 is 0 Å². The molecule has 21 heavy (non-hydrogen) atoms. The summed E-state index contributed by atoms with van der Waals surface area (Å²) < 4.78 is 2.40. The molecule has 3 rings (SSSR count). The van der Waals surface area contributed by atoms with Gasteiger partial charge in [-0.05, 0) is 42.0 Å². The Hall–Kier alpha value is -2.78. The lowest BCUT2D eigenvalue weighted by atomic mass is 10.1. The summed E-state index contributed by atoms with van der Waals surface area (Å²) in [6.07, 6.45) is 1.72. The lowest BCUT2D eigenvalue weighted by molar-refractivity contribution is 0.787. The van der Waals surface area contributed by atoms with Crippen molar-refractivity contribution in [2.45, 2.75) is 6.54 Å². The molecule has 0 radical (unpaired) electrons. The highest BCUT2D eigenvalue weighted by Crippen LogP contribution is 2.16. The van der Waals surface area contributed by atoms with Gasteiger partial charge in [0.15, 0.2) is 10.6 Å². The topological polar surface area (TPSA) is 70.3 Å². The van der Waals surface area contributed by atoms with Crippen LogP contribution in [0.15, 0.2) is 48.7 Å². The molecule has 0 aliphatic carbocycles. The molecule has 0 saturated heterocycles. The molecule has 0 atom stereocenters. The molecule has 0 aliphatic heterocycles. The number of nitriles is 1. The molecular weight excluding hydrogens is 282 g/mol. The molecule has 5 nitrogen and oxygen atoms in total. The highest BCUT2D eigenvalue weighted by molar-refractivity contribution is 7.71. The van der Waals surface area contributed by atoms with Crippen LogP contribution in [0.25, 0.3) is 11.5 Å². The average molecular weight is 293 g/mol. The van der Waals surface area contributed by atoms with Crippen LogP contribution < -0.4 is 0 Å². The molecule has 0 saturated carbocycles. The number of rotatable bonds is 3. The number of benzene rings is 1. The molecule has 3 aromatic rings. The quantitative estimate of drug-likeness (QED) is 0.754. The first-order chi connectivity index (χ1) is 10.3. The third-order valence-corrected chi connectivity index (χ3v) is 3.36. The zero-order chi connectivity index (χ0) is 14.7. The molecule has 6 heteroatoms. The Morgan fingerprint density at radius 3 is 2.90 bits per heavy atom. The van der Waals surface area contributed by atoms with Crippen LogP contribution in [0.1, 0.15) is 11.1 Å². The molecule has 102 valence electrons. The van der Waals surface area contributed by atoms with Gasteiger partial charge in [0.25, 0.3) is 0 Å². The molecular formula is C15H11N5S. The molecule has 0 spiro atoms. The maximum atomic E-state index is 8.97. The summed E-state index contributed by atoms with van der Waals surface area (Å²) in [6.45, 7) is 0.538. The third-order valence-electron chi connectivity index (χ3n) is 3.05. The summed E-state index contributed by atoms with van der Waals surface area (Å²) in [7, 11) is 0. The average Bonchev–Trinajstić information content (AvgIpc) is 2.89. The van der Waals surface area contributed by atoms with E-state index in [0.717, 1.165) is 11.3 Å². The van der Waals surface area contributed by atoms with Gasteiger partial charge < -0.3 is 0 Å². The van der Waals surface area contributed by atoms with Crippen LogP contribution in [0, 0.1) is 16.1 Å². The second-order valence-electron chi connectivity index (χ2n) is 4.47. The first kappa shape index (κ1) is 13.2. The fraction of sp³-hybridized carbons (Fsp3) is 0.0667. The monoisotopic (exact) mass is 293 g/mol. The molecule has 1 aromatic carbocycles. The van der Waals surface area contributed by atoms with Crippen molar-refractivity contribution in [1.29, 1.82) is 5.26 Å². The second-order valence-corrected chi connectivity index (χ2v) is 4.85. The lowest BCUT2D eigenvalue weighted by Gasteiger charge is -2.06. The standard InChI is InChI=1S/C15H11N5S/c16-9-11-4-3-5-12(8-11)10-20-14(18-19-15(20)21)13-6-1-2-7-17-13/h1-8H,10H2,(H,19,21). The summed E-state index contributed by atoms with van der Waals surface area (Å²) in [5, 5.41) is 16.0. The van der Waals surface area contributed by atoms with Gasteiger partial charge in [-0.1, -0.05) is 18.2 Å². The van der Waals surface area contributed by atoms with Crippen LogP contribution in [0.4, 0.5) is 0 Å². The van der Waals surface area contributed by atoms with Gasteiger partial charge in [-0.2, -0.15) is 10.4 Å². The van der Waals surface area contributed by atoms with Crippen LogP contribution >= 0.6 is 12.2 Å². The van der Waals surface area contributed by atoms with Gasteiger partial charge in [0.1, 0.15) is 5.69 Å². The number of nitrogens with one attached hydrogen (secondary N) is 1. The molecule has 0 fully saturated rings. The van der Waals surface area contributed by atoms with Gasteiger partial charge in [-0.3, -0.25) is 14.6 Å². The Morgan fingerprint density at radius 1 is 1.24 bits per heavy atom. The summed E-state index contributed by atoms with van der Waals surface area (Å²) >= 11 is 5.29. The summed E-state index contributed by atoms with van der Waals surface area (Å²) in [6, 6.07) is 15.2. The number of aromatic nitrogens is 4. The van der Waals surface area contributed by atoms with Crippen molar-refractivity contribution in [2.24, 2.45) is 0 Å². The fourth-order valence-electron chi connectivity index (χ4n) is 2.08. The van der Waals surface area contributed by atoms with Gasteiger partial charge in [0, 0.05) is 6.20 Å². The third kappa shape index (κ3) is 2.73. The van der Waals surface area contributed by atoms with Crippen molar-refractivity contribution in [1.82, 2.24) is 19.7 Å². The van der Waals surface area contributed by atoms with E-state index in [1.165, 1.54) is 0 Å². The van der Waals surface area contributed by atoms with Gasteiger partial charge in [-0.15, -0.1) is 0 Å². The Bertz CT molecular complexity index is 858. The van der Waals surface area contributed by atoms with Crippen molar-refractivity contribution >= 4 is 12.2 Å². The molecule has 0 aliphatic rings. The first-order valence-corrected chi connectivity index (χ1v) is 6.74. The molecule has 2 aromatic heterocycles. The normalized spacial score (nSPS) is 10.2. The second kappa shape index (κ2) is 5.69. The van der Waals surface area contributed by atoms with Crippen molar-refractivity contribution < 1.29 is 0 Å². The molecule has 0 bridgehead atoms. The zero-order valence-electron chi connectivity index (χ0n) is 11.0. The maximum absolute atomic E-state index is 8.97. The number of hydrogen-bond acceptors (Lipinski definition) is 4. The summed E-state index contributed by atoms with van der Waals surface area (Å²) in [4.78, 5) is 4.30. The van der Waals surface area contributed by atoms with Crippen molar-refractivity contribution in [2.75, 3.05) is 0 Å². The van der Waals surface area contributed by atoms with Crippen LogP contribution in [0.2, 0.25) is 0 Å². The number of H-pyrrole nitrogens is 1. The maximum Gasteiger partial charge on any atom is 0.195 e. The predicted molar refractivity (Wildman–Crippen MR) is 80.9 cm³/mol. The van der Waals surface area contributed by atoms with Gasteiger partial charge in [0.05, 0.1) is 18.2 Å². The van der Waals surface area contributed by atoms with E-state index in [0.29, 0.717) is 22.7 Å². The van der Waals surface area contributed by atoms with Crippen LogP contribution in [0.3, 0.4) is 0 Å². The number of hydrogen-bond donors (Lipinski definition) is 1. The lowest BCUT2D eigenvalue weighted by Crippen LogP contribution is -2.03. The zero-order valence-corrected chi connectivity index (χ0v) is 11.8. The van der Waals surface area contributed by atoms with E-state index in [-0.39, 0.29) is 0 Å². The van der Waals surface area contributed by atoms with Crippen molar-refractivity contribution in [3.8, 4) is 17.6 Å². The van der Waals surface area contributed by atoms with E-state index in [1.54, 1.807) is 12.3 Å². The van der Waals surface area contributed by atoms with Gasteiger partial charge >= 0.3 is 0 Å². The van der Waals surface area contributed by atoms with E-state index in [9.17, 15) is 0 Å². The van der Waals surface area contributed by atoms with Crippen molar-refractivity contribution in [3.05, 3.63) is 64.6 Å². The largest absolute Gasteiger partial charge is 0.294 e. The predicted octanol–water partition coefficient (Wildman–Crippen LogP) is 2.92. The highest BCUT2D eigenvalue weighted by Gasteiger charge is 2.10. The first-order valence-electron chi connectivity index (χ1n) is 6.33. The van der Waals surface area contributed by atoms with E-state index in [1.807, 2.05) is 41.0 Å². The molecule has 0 amide bonds. The summed E-state index contributed by atoms with van der Waals surface area (Å²) in [5.41, 5.74) is 2.37. The van der Waals surface area contributed by atoms with E-state index in [4.69, 9.17) is 17.5 Å². The SMILES string of the molecule is N#Cc1cccc(Cn2c(-c3ccccn3)n[nH]c2=S)c1. The fourth-order valence-corrected chi connectivity index (χ4v) is 2.27. The van der Waals surface area contributed by atoms with Gasteiger partial charge in [-0.25, -0.2) is 0 Å². The van der Waals surface area contributed by atoms with E-state index >= 15 is 0 Å². The van der Waals surface area contributed by atoms with Gasteiger partial charge in [0.2, 0.25) is 0 Å². The number of pyridine rings is 1. The Balaban J connectivity index is 2.02. The van der Waals surface area contributed by atoms with Crippen LogP contribution in [-0.4, -0.2) is 19.7 Å². The Labute approximate surface area is 126 Å². The Morgan fingerprint density at radius 2 is 2.14 bits per heavy atom. The highest BCUT2D eigenvalue weighted by atomic mass is 32.1.